The molecule has 2 amide bonds. The molecule has 9 heteroatoms. The van der Waals surface area contributed by atoms with Crippen LogP contribution in [0.4, 0.5) is 13.2 Å². The molecule has 2 N–H and O–H groups in total. The molecule has 172 valence electrons. The Bertz CT molecular complexity index is 1300. The molecule has 2 heterocycles. The van der Waals surface area contributed by atoms with Crippen molar-refractivity contribution in [1.29, 1.82) is 0 Å². The number of aryl methyl sites for hydroxylation is 1. The van der Waals surface area contributed by atoms with Crippen LogP contribution in [0.2, 0.25) is 0 Å². The average molecular weight is 474 g/mol. The first-order valence-corrected chi connectivity index (χ1v) is 11.5. The molecule has 33 heavy (non-hydrogen) atoms. The highest BCUT2D eigenvalue weighted by Gasteiger charge is 2.36. The number of allylic oxidation sites excluding steroid dienone is 1. The minimum absolute atomic E-state index is 0.00123. The number of aromatic nitrogens is 1. The van der Waals surface area contributed by atoms with E-state index in [0.717, 1.165) is 30.1 Å². The Kier molecular flexibility index (Phi) is 6.25. The highest BCUT2D eigenvalue weighted by atomic mass is 32.2. The molecule has 0 fully saturated rings. The Morgan fingerprint density at radius 2 is 1.94 bits per heavy atom. The van der Waals surface area contributed by atoms with E-state index < -0.39 is 29.3 Å². The van der Waals surface area contributed by atoms with E-state index in [-0.39, 0.29) is 29.6 Å². The normalized spacial score (nSPS) is 17.9. The molecule has 0 aliphatic carbocycles. The van der Waals surface area contributed by atoms with Crippen molar-refractivity contribution in [1.82, 2.24) is 14.6 Å². The average Bonchev–Trinajstić information content (AvgIpc) is 3.04. The van der Waals surface area contributed by atoms with E-state index in [9.17, 15) is 22.8 Å². The molecule has 2 atom stereocenters. The quantitative estimate of drug-likeness (QED) is 0.524. The number of halogens is 3. The second-order valence-corrected chi connectivity index (χ2v) is 8.65. The van der Waals surface area contributed by atoms with Gasteiger partial charge in [-0.05, 0) is 48.7 Å². The van der Waals surface area contributed by atoms with Gasteiger partial charge in [0.05, 0.1) is 18.0 Å². The van der Waals surface area contributed by atoms with Crippen molar-refractivity contribution in [2.24, 2.45) is 5.92 Å². The van der Waals surface area contributed by atoms with Crippen LogP contribution < -0.4 is 10.0 Å². The third kappa shape index (κ3) is 4.13. The Hall–Kier alpha value is -3.20. The number of carbonyl (C=O) groups is 2. The van der Waals surface area contributed by atoms with Gasteiger partial charge in [0, 0.05) is 29.0 Å². The third-order valence-electron chi connectivity index (χ3n) is 5.87. The maximum atomic E-state index is 14.7. The van der Waals surface area contributed by atoms with Gasteiger partial charge in [-0.3, -0.25) is 14.3 Å². The highest BCUT2D eigenvalue weighted by molar-refractivity contribution is 7.97. The lowest BCUT2D eigenvalue weighted by Crippen LogP contribution is -2.34. The number of hydrogen-bond donors (Lipinski definition) is 2. The first-order chi connectivity index (χ1) is 15.7. The van der Waals surface area contributed by atoms with Gasteiger partial charge < -0.3 is 9.88 Å². The van der Waals surface area contributed by atoms with Crippen molar-refractivity contribution in [3.63, 3.8) is 0 Å². The topological polar surface area (TPSA) is 63.1 Å². The number of amides is 2. The Morgan fingerprint density at radius 1 is 1.18 bits per heavy atom. The van der Waals surface area contributed by atoms with Gasteiger partial charge in [-0.15, -0.1) is 0 Å². The zero-order valence-electron chi connectivity index (χ0n) is 18.2. The van der Waals surface area contributed by atoms with Crippen LogP contribution >= 0.6 is 11.9 Å². The molecule has 2 unspecified atom stereocenters. The molecule has 0 radical (unpaired) electrons. The van der Waals surface area contributed by atoms with Crippen LogP contribution in [0.5, 0.6) is 0 Å². The zero-order chi connectivity index (χ0) is 23.9. The van der Waals surface area contributed by atoms with Crippen LogP contribution in [-0.2, 0) is 11.3 Å². The fourth-order valence-corrected chi connectivity index (χ4v) is 4.60. The van der Waals surface area contributed by atoms with Gasteiger partial charge in [0.2, 0.25) is 5.91 Å². The number of fused-ring (bicyclic) bond motifs is 1. The largest absolute Gasteiger partial charge is 0.332 e. The Morgan fingerprint density at radius 3 is 2.64 bits per heavy atom. The third-order valence-corrected chi connectivity index (χ3v) is 6.26. The monoisotopic (exact) mass is 473 g/mol. The summed E-state index contributed by atoms with van der Waals surface area (Å²) in [5.41, 5.74) is 1.19. The minimum atomic E-state index is -0.733. The van der Waals surface area contributed by atoms with Crippen LogP contribution in [0, 0.1) is 30.3 Å². The predicted molar refractivity (Wildman–Crippen MR) is 122 cm³/mol. The van der Waals surface area contributed by atoms with Crippen molar-refractivity contribution >= 4 is 34.7 Å². The lowest BCUT2D eigenvalue weighted by molar-refractivity contribution is -0.122. The molecule has 1 aromatic heterocycles. The molecule has 0 spiro atoms. The van der Waals surface area contributed by atoms with E-state index in [0.29, 0.717) is 22.0 Å². The molecule has 2 aromatic carbocycles. The maximum absolute atomic E-state index is 14.7. The second-order valence-electron chi connectivity index (χ2n) is 8.04. The van der Waals surface area contributed by atoms with Crippen molar-refractivity contribution in [3.8, 4) is 0 Å². The van der Waals surface area contributed by atoms with Gasteiger partial charge >= 0.3 is 0 Å². The summed E-state index contributed by atoms with van der Waals surface area (Å²) in [7, 11) is 0. The van der Waals surface area contributed by atoms with Crippen LogP contribution in [0.15, 0.2) is 42.6 Å². The zero-order valence-corrected chi connectivity index (χ0v) is 19.0. The standard InChI is InChI=1S/C24H22F3N3O2S/c1-12-6-7-28-23(31)20(12)21-16-8-13(2)18(27)10-19(16)30(22(21)24(32)29-33-3)11-14-9-15(25)4-5-17(14)26/h4-10,12,20H,11H2,1-3H3,(H,28,31)(H,29,32). The summed E-state index contributed by atoms with van der Waals surface area (Å²) in [4.78, 5) is 26.2. The van der Waals surface area contributed by atoms with E-state index in [4.69, 9.17) is 0 Å². The number of nitrogens with one attached hydrogen (secondary N) is 2. The number of hydrogen-bond acceptors (Lipinski definition) is 3. The second kappa shape index (κ2) is 8.97. The van der Waals surface area contributed by atoms with Crippen LogP contribution in [0.25, 0.3) is 10.9 Å². The summed E-state index contributed by atoms with van der Waals surface area (Å²) in [6, 6.07) is 5.91. The summed E-state index contributed by atoms with van der Waals surface area (Å²) >= 11 is 1.06. The molecular weight excluding hydrogens is 451 g/mol. The molecule has 0 bridgehead atoms. The first-order valence-electron chi connectivity index (χ1n) is 10.3. The van der Waals surface area contributed by atoms with Crippen LogP contribution in [0.1, 0.15) is 40.0 Å². The summed E-state index contributed by atoms with van der Waals surface area (Å²) in [6.07, 6.45) is 5.03. The van der Waals surface area contributed by atoms with Gasteiger partial charge in [-0.25, -0.2) is 13.2 Å². The van der Waals surface area contributed by atoms with E-state index >= 15 is 0 Å². The molecule has 1 aliphatic heterocycles. The summed E-state index contributed by atoms with van der Waals surface area (Å²) in [5, 5.41) is 3.19. The first kappa shape index (κ1) is 23.0. The van der Waals surface area contributed by atoms with E-state index in [1.165, 1.54) is 10.6 Å². The van der Waals surface area contributed by atoms with Gasteiger partial charge in [0.25, 0.3) is 5.91 Å². The predicted octanol–water partition coefficient (Wildman–Crippen LogP) is 4.79. The van der Waals surface area contributed by atoms with Gasteiger partial charge in [0.1, 0.15) is 23.1 Å². The van der Waals surface area contributed by atoms with Crippen molar-refractivity contribution in [2.45, 2.75) is 26.3 Å². The lowest BCUT2D eigenvalue weighted by atomic mass is 9.83. The molecule has 1 aliphatic rings. The molecular formula is C24H22F3N3O2S. The SMILES string of the molecule is CSNC(=O)c1c(C2C(=O)NC=CC2C)c2cc(C)c(F)cc2n1Cc1cc(F)ccc1F. The Balaban J connectivity index is 2.07. The van der Waals surface area contributed by atoms with Gasteiger partial charge in [-0.2, -0.15) is 0 Å². The van der Waals surface area contributed by atoms with Gasteiger partial charge in [0.15, 0.2) is 0 Å². The van der Waals surface area contributed by atoms with E-state index in [2.05, 4.69) is 10.0 Å². The number of nitrogens with zero attached hydrogens (tertiary/aromatic N) is 1. The molecule has 3 aromatic rings. The fourth-order valence-electron chi connectivity index (χ4n) is 4.32. The number of carbonyl (C=O) groups excluding carboxylic acids is 2. The Labute approximate surface area is 193 Å². The fraction of sp³-hybridized carbons (Fsp3) is 0.250. The number of rotatable bonds is 5. The summed E-state index contributed by atoms with van der Waals surface area (Å²) in [5.74, 6) is -3.61. The van der Waals surface area contributed by atoms with Gasteiger partial charge in [-0.1, -0.05) is 24.9 Å². The van der Waals surface area contributed by atoms with Crippen molar-refractivity contribution in [3.05, 3.63) is 82.4 Å². The van der Waals surface area contributed by atoms with Crippen LogP contribution in [-0.4, -0.2) is 22.6 Å². The van der Waals surface area contributed by atoms with Crippen LogP contribution in [0.3, 0.4) is 0 Å². The highest BCUT2D eigenvalue weighted by Crippen LogP contribution is 2.39. The summed E-state index contributed by atoms with van der Waals surface area (Å²) in [6.45, 7) is 3.22. The maximum Gasteiger partial charge on any atom is 0.278 e. The number of benzene rings is 2. The minimum Gasteiger partial charge on any atom is -0.332 e. The lowest BCUT2D eigenvalue weighted by Gasteiger charge is -2.25. The molecule has 0 saturated heterocycles. The van der Waals surface area contributed by atoms with E-state index in [1.54, 1.807) is 25.4 Å². The van der Waals surface area contributed by atoms with E-state index in [1.807, 2.05) is 13.0 Å². The smallest absolute Gasteiger partial charge is 0.278 e. The van der Waals surface area contributed by atoms with Crippen molar-refractivity contribution < 1.29 is 22.8 Å². The molecule has 0 saturated carbocycles. The summed E-state index contributed by atoms with van der Waals surface area (Å²) < 4.78 is 47.2. The molecule has 5 nitrogen and oxygen atoms in total. The van der Waals surface area contributed by atoms with Crippen molar-refractivity contribution in [2.75, 3.05) is 6.26 Å². The molecule has 4 rings (SSSR count).